The van der Waals surface area contributed by atoms with Crippen molar-refractivity contribution in [3.63, 3.8) is 0 Å². The average molecular weight is 247 g/mol. The van der Waals surface area contributed by atoms with E-state index in [0.29, 0.717) is 0 Å². The predicted octanol–water partition coefficient (Wildman–Crippen LogP) is 2.03. The van der Waals surface area contributed by atoms with Crippen molar-refractivity contribution in [3.05, 3.63) is 41.9 Å². The largest absolute Gasteiger partial charge is 0.477 e. The zero-order valence-electron chi connectivity index (χ0n) is 8.99. The molecule has 6 heteroatoms. The first-order chi connectivity index (χ1) is 8.15. The Labute approximate surface area is 102 Å². The number of aromatic carboxylic acids is 1. The summed E-state index contributed by atoms with van der Waals surface area (Å²) in [6, 6.07) is 6.94. The molecule has 0 saturated heterocycles. The van der Waals surface area contributed by atoms with E-state index in [0.717, 1.165) is 15.6 Å². The van der Waals surface area contributed by atoms with Crippen LogP contribution in [0.5, 0.6) is 0 Å². The zero-order chi connectivity index (χ0) is 12.3. The highest BCUT2D eigenvalue weighted by atomic mass is 32.2. The Morgan fingerprint density at radius 2 is 2.12 bits per heavy atom. The fourth-order valence-electron chi connectivity index (χ4n) is 1.15. The van der Waals surface area contributed by atoms with Crippen molar-refractivity contribution in [2.24, 2.45) is 0 Å². The van der Waals surface area contributed by atoms with Gasteiger partial charge in [0.05, 0.1) is 5.69 Å². The lowest BCUT2D eigenvalue weighted by molar-refractivity contribution is 0.0690. The van der Waals surface area contributed by atoms with E-state index in [1.807, 2.05) is 19.1 Å². The number of aryl methyl sites for hydroxylation is 1. The second-order valence-electron chi connectivity index (χ2n) is 3.30. The van der Waals surface area contributed by atoms with E-state index in [1.165, 1.54) is 24.0 Å². The van der Waals surface area contributed by atoms with Gasteiger partial charge in [-0.05, 0) is 31.2 Å². The van der Waals surface area contributed by atoms with Gasteiger partial charge < -0.3 is 5.11 Å². The van der Waals surface area contributed by atoms with Gasteiger partial charge in [0.25, 0.3) is 0 Å². The van der Waals surface area contributed by atoms with Crippen LogP contribution in [0.15, 0.2) is 40.4 Å². The van der Waals surface area contributed by atoms with Gasteiger partial charge in [-0.3, -0.25) is 0 Å². The summed E-state index contributed by atoms with van der Waals surface area (Å²) in [5.41, 5.74) is 0.866. The van der Waals surface area contributed by atoms with Crippen molar-refractivity contribution in [1.29, 1.82) is 0 Å². The summed E-state index contributed by atoms with van der Waals surface area (Å²) in [7, 11) is 0. The summed E-state index contributed by atoms with van der Waals surface area (Å²) in [4.78, 5) is 15.3. The third kappa shape index (κ3) is 3.01. The third-order valence-corrected chi connectivity index (χ3v) is 2.86. The first-order valence-corrected chi connectivity index (χ1v) is 5.64. The maximum atomic E-state index is 10.8. The Kier molecular flexibility index (Phi) is 3.34. The smallest absolute Gasteiger partial charge is 0.354 e. The van der Waals surface area contributed by atoms with E-state index >= 15 is 0 Å². The first-order valence-electron chi connectivity index (χ1n) is 4.83. The van der Waals surface area contributed by atoms with Crippen LogP contribution in [0.25, 0.3) is 0 Å². The van der Waals surface area contributed by atoms with E-state index in [1.54, 1.807) is 6.07 Å². The van der Waals surface area contributed by atoms with E-state index < -0.39 is 5.97 Å². The molecule has 2 heterocycles. The van der Waals surface area contributed by atoms with Crippen molar-refractivity contribution >= 4 is 17.7 Å². The number of nitrogens with zero attached hydrogens (tertiary/aromatic N) is 3. The third-order valence-electron chi connectivity index (χ3n) is 1.95. The highest BCUT2D eigenvalue weighted by Crippen LogP contribution is 2.25. The standard InChI is InChI=1S/C11H9N3O2S/c1-7-2-3-10(14-13-7)17-8-4-5-12-9(6-8)11(15)16/h2-6H,1H3,(H,15,16). The number of rotatable bonds is 3. The van der Waals surface area contributed by atoms with Crippen LogP contribution in [-0.4, -0.2) is 26.3 Å². The van der Waals surface area contributed by atoms with E-state index in [2.05, 4.69) is 15.2 Å². The van der Waals surface area contributed by atoms with Gasteiger partial charge in [0.1, 0.15) is 10.7 Å². The molecule has 0 unspecified atom stereocenters. The molecule has 17 heavy (non-hydrogen) atoms. The molecule has 0 saturated carbocycles. The number of pyridine rings is 1. The highest BCUT2D eigenvalue weighted by Gasteiger charge is 2.06. The lowest BCUT2D eigenvalue weighted by atomic mass is 10.3. The molecular formula is C11H9N3O2S. The molecule has 0 spiro atoms. The van der Waals surface area contributed by atoms with Crippen LogP contribution in [0.1, 0.15) is 16.2 Å². The zero-order valence-corrected chi connectivity index (χ0v) is 9.81. The number of hydrogen-bond acceptors (Lipinski definition) is 5. The fourth-order valence-corrected chi connectivity index (χ4v) is 1.91. The monoisotopic (exact) mass is 247 g/mol. The summed E-state index contributed by atoms with van der Waals surface area (Å²) < 4.78 is 0. The summed E-state index contributed by atoms with van der Waals surface area (Å²) >= 11 is 1.35. The molecule has 0 aliphatic rings. The number of aromatic nitrogens is 3. The molecule has 2 aromatic rings. The lowest BCUT2D eigenvalue weighted by Crippen LogP contribution is -1.99. The van der Waals surface area contributed by atoms with Gasteiger partial charge in [-0.15, -0.1) is 5.10 Å². The van der Waals surface area contributed by atoms with E-state index in [4.69, 9.17) is 5.11 Å². The molecule has 0 fully saturated rings. The van der Waals surface area contributed by atoms with Gasteiger partial charge >= 0.3 is 5.97 Å². The van der Waals surface area contributed by atoms with Crippen molar-refractivity contribution in [2.45, 2.75) is 16.8 Å². The van der Waals surface area contributed by atoms with Gasteiger partial charge in [-0.2, -0.15) is 5.10 Å². The molecule has 86 valence electrons. The quantitative estimate of drug-likeness (QED) is 0.894. The second kappa shape index (κ2) is 4.92. The van der Waals surface area contributed by atoms with Gasteiger partial charge in [0, 0.05) is 11.1 Å². The van der Waals surface area contributed by atoms with Crippen molar-refractivity contribution < 1.29 is 9.90 Å². The average Bonchev–Trinajstić information content (AvgIpc) is 2.32. The van der Waals surface area contributed by atoms with Crippen LogP contribution in [0, 0.1) is 6.92 Å². The molecule has 5 nitrogen and oxygen atoms in total. The van der Waals surface area contributed by atoms with Crippen molar-refractivity contribution in [3.8, 4) is 0 Å². The van der Waals surface area contributed by atoms with E-state index in [-0.39, 0.29) is 5.69 Å². The molecule has 2 rings (SSSR count). The van der Waals surface area contributed by atoms with Crippen LogP contribution >= 0.6 is 11.8 Å². The number of carboxylic acids is 1. The van der Waals surface area contributed by atoms with Crippen LogP contribution in [-0.2, 0) is 0 Å². The number of hydrogen-bond donors (Lipinski definition) is 1. The Bertz CT molecular complexity index is 543. The van der Waals surface area contributed by atoms with E-state index in [9.17, 15) is 4.79 Å². The van der Waals surface area contributed by atoms with Crippen LogP contribution in [0.3, 0.4) is 0 Å². The molecule has 1 N–H and O–H groups in total. The SMILES string of the molecule is Cc1ccc(Sc2ccnc(C(=O)O)c2)nn1. The first kappa shape index (κ1) is 11.5. The molecule has 0 aromatic carbocycles. The minimum absolute atomic E-state index is 0.0232. The minimum atomic E-state index is -1.04. The van der Waals surface area contributed by atoms with Crippen LogP contribution in [0.2, 0.25) is 0 Å². The summed E-state index contributed by atoms with van der Waals surface area (Å²) in [5, 5.41) is 17.5. The summed E-state index contributed by atoms with van der Waals surface area (Å²) in [6.45, 7) is 1.86. The molecule has 0 atom stereocenters. The summed E-state index contributed by atoms with van der Waals surface area (Å²) in [6.07, 6.45) is 1.47. The number of carbonyl (C=O) groups is 1. The topological polar surface area (TPSA) is 76.0 Å². The maximum Gasteiger partial charge on any atom is 0.354 e. The van der Waals surface area contributed by atoms with Crippen molar-refractivity contribution in [1.82, 2.24) is 15.2 Å². The molecule has 0 radical (unpaired) electrons. The van der Waals surface area contributed by atoms with Gasteiger partial charge in [0.15, 0.2) is 0 Å². The Balaban J connectivity index is 2.21. The molecule has 0 aliphatic carbocycles. The van der Waals surface area contributed by atoms with Gasteiger partial charge in [-0.25, -0.2) is 9.78 Å². The maximum absolute atomic E-state index is 10.8. The Hall–Kier alpha value is -1.95. The van der Waals surface area contributed by atoms with Crippen LogP contribution in [0.4, 0.5) is 0 Å². The second-order valence-corrected chi connectivity index (χ2v) is 4.39. The predicted molar refractivity (Wildman–Crippen MR) is 62.1 cm³/mol. The Morgan fingerprint density at radius 3 is 2.76 bits per heavy atom. The normalized spacial score (nSPS) is 10.2. The summed E-state index contributed by atoms with van der Waals surface area (Å²) in [5.74, 6) is -1.04. The van der Waals surface area contributed by atoms with Crippen LogP contribution < -0.4 is 0 Å². The molecular weight excluding hydrogens is 238 g/mol. The fraction of sp³-hybridized carbons (Fsp3) is 0.0909. The molecule has 0 aliphatic heterocycles. The highest BCUT2D eigenvalue weighted by molar-refractivity contribution is 7.99. The van der Waals surface area contributed by atoms with Crippen molar-refractivity contribution in [2.75, 3.05) is 0 Å². The molecule has 2 aromatic heterocycles. The Morgan fingerprint density at radius 1 is 1.29 bits per heavy atom. The van der Waals surface area contributed by atoms with Gasteiger partial charge in [0.2, 0.25) is 0 Å². The number of carboxylic acid groups (broad SMARTS) is 1. The molecule has 0 amide bonds. The molecule has 0 bridgehead atoms. The van der Waals surface area contributed by atoms with Gasteiger partial charge in [-0.1, -0.05) is 11.8 Å². The lowest BCUT2D eigenvalue weighted by Gasteiger charge is -2.01. The minimum Gasteiger partial charge on any atom is -0.477 e.